The fourth-order valence-electron chi connectivity index (χ4n) is 3.94. The fourth-order valence-corrected chi connectivity index (χ4v) is 6.14. The molecule has 1 N–H and O–H groups in total. The van der Waals surface area contributed by atoms with E-state index >= 15 is 0 Å². The van der Waals surface area contributed by atoms with E-state index in [1.807, 2.05) is 44.2 Å². The second kappa shape index (κ2) is 11.5. The Morgan fingerprint density at radius 3 is 2.30 bits per heavy atom. The molecule has 0 aliphatic carbocycles. The number of hydrogen-bond acceptors (Lipinski definition) is 4. The average molecular weight is 644 g/mol. The summed E-state index contributed by atoms with van der Waals surface area (Å²) in [5, 5.41) is 4.11. The lowest BCUT2D eigenvalue weighted by Crippen LogP contribution is -2.39. The van der Waals surface area contributed by atoms with Crippen molar-refractivity contribution >= 4 is 59.7 Å². The van der Waals surface area contributed by atoms with Gasteiger partial charge >= 0.3 is 0 Å². The number of halogens is 2. The van der Waals surface area contributed by atoms with Crippen LogP contribution >= 0.6 is 31.9 Å². The Hall–Kier alpha value is -3.21. The van der Waals surface area contributed by atoms with Gasteiger partial charge in [0, 0.05) is 31.6 Å². The summed E-state index contributed by atoms with van der Waals surface area (Å²) in [6, 6.07) is 24.7. The summed E-state index contributed by atoms with van der Waals surface area (Å²) in [4.78, 5) is 12.9. The Balaban J connectivity index is 1.55. The molecule has 0 fully saturated rings. The molecule has 0 atom stereocenters. The summed E-state index contributed by atoms with van der Waals surface area (Å²) in [5.41, 5.74) is 6.63. The number of anilines is 1. The number of nitrogens with one attached hydrogen (secondary N) is 1. The molecule has 0 unspecified atom stereocenters. The number of sulfonamides is 1. The van der Waals surface area contributed by atoms with Crippen molar-refractivity contribution in [2.75, 3.05) is 10.8 Å². The minimum atomic E-state index is -3.99. The largest absolute Gasteiger partial charge is 0.318 e. The van der Waals surface area contributed by atoms with E-state index in [9.17, 15) is 13.2 Å². The van der Waals surface area contributed by atoms with Crippen LogP contribution in [0.4, 0.5) is 5.69 Å². The van der Waals surface area contributed by atoms with Gasteiger partial charge in [-0.25, -0.2) is 13.8 Å². The molecule has 4 rings (SSSR count). The van der Waals surface area contributed by atoms with Gasteiger partial charge in [-0.1, -0.05) is 62.2 Å². The number of carbonyl (C=O) groups is 1. The first kappa shape index (κ1) is 26.8. The lowest BCUT2D eigenvalue weighted by molar-refractivity contribution is -0.119. The monoisotopic (exact) mass is 642 g/mol. The molecule has 0 aliphatic rings. The van der Waals surface area contributed by atoms with Crippen molar-refractivity contribution in [1.82, 2.24) is 9.99 Å². The molecule has 3 aromatic carbocycles. The first-order chi connectivity index (χ1) is 17.7. The number of aryl methyl sites for hydroxylation is 1. The molecular weight excluding hydrogens is 620 g/mol. The van der Waals surface area contributed by atoms with Gasteiger partial charge in [-0.15, -0.1) is 0 Å². The van der Waals surface area contributed by atoms with Crippen LogP contribution in [0.15, 0.2) is 104 Å². The number of nitrogens with zero attached hydrogens (tertiary/aromatic N) is 3. The summed E-state index contributed by atoms with van der Waals surface area (Å²) in [5.74, 6) is -0.573. The van der Waals surface area contributed by atoms with Crippen LogP contribution in [0.25, 0.3) is 5.69 Å². The van der Waals surface area contributed by atoms with Gasteiger partial charge in [0.05, 0.1) is 16.8 Å². The van der Waals surface area contributed by atoms with Crippen molar-refractivity contribution in [1.29, 1.82) is 0 Å². The second-order valence-electron chi connectivity index (χ2n) is 8.24. The highest BCUT2D eigenvalue weighted by Crippen LogP contribution is 2.26. The lowest BCUT2D eigenvalue weighted by Gasteiger charge is -2.23. The maximum absolute atomic E-state index is 13.4. The molecule has 0 saturated heterocycles. The third-order valence-electron chi connectivity index (χ3n) is 5.64. The number of carbonyl (C=O) groups excluding carboxylic acids is 1. The van der Waals surface area contributed by atoms with Crippen LogP contribution in [-0.4, -0.2) is 31.7 Å². The number of aromatic nitrogens is 1. The van der Waals surface area contributed by atoms with Crippen molar-refractivity contribution in [3.8, 4) is 5.69 Å². The highest BCUT2D eigenvalue weighted by atomic mass is 79.9. The minimum absolute atomic E-state index is 0.0891. The number of hydrogen-bond donors (Lipinski definition) is 1. The molecule has 10 heteroatoms. The summed E-state index contributed by atoms with van der Waals surface area (Å²) in [6.45, 7) is 3.52. The molecule has 7 nitrogen and oxygen atoms in total. The zero-order chi connectivity index (χ0) is 26.6. The topological polar surface area (TPSA) is 83.8 Å². The number of rotatable bonds is 8. The average Bonchev–Trinajstić information content (AvgIpc) is 3.15. The third-order valence-corrected chi connectivity index (χ3v) is 8.42. The highest BCUT2D eigenvalue weighted by molar-refractivity contribution is 9.10. The molecule has 1 amide bonds. The van der Waals surface area contributed by atoms with E-state index in [2.05, 4.69) is 47.0 Å². The zero-order valence-corrected chi connectivity index (χ0v) is 24.1. The molecule has 0 aliphatic heterocycles. The van der Waals surface area contributed by atoms with E-state index in [4.69, 9.17) is 0 Å². The van der Waals surface area contributed by atoms with Crippen LogP contribution in [0, 0.1) is 13.8 Å². The maximum Gasteiger partial charge on any atom is 0.264 e. The third kappa shape index (κ3) is 6.20. The van der Waals surface area contributed by atoms with E-state index in [0.29, 0.717) is 10.2 Å². The smallest absolute Gasteiger partial charge is 0.264 e. The predicted molar refractivity (Wildman–Crippen MR) is 154 cm³/mol. The molecular formula is C27H24Br2N4O3S. The molecule has 1 aromatic heterocycles. The number of benzene rings is 3. The van der Waals surface area contributed by atoms with Gasteiger partial charge < -0.3 is 4.57 Å². The van der Waals surface area contributed by atoms with Crippen LogP contribution in [0.1, 0.15) is 17.0 Å². The zero-order valence-electron chi connectivity index (χ0n) is 20.1. The van der Waals surface area contributed by atoms with Crippen LogP contribution in [0.5, 0.6) is 0 Å². The van der Waals surface area contributed by atoms with E-state index < -0.39 is 22.5 Å². The van der Waals surface area contributed by atoms with Gasteiger partial charge in [-0.2, -0.15) is 5.10 Å². The molecule has 0 bridgehead atoms. The Morgan fingerprint density at radius 2 is 1.62 bits per heavy atom. The quantitative estimate of drug-likeness (QED) is 0.190. The van der Waals surface area contributed by atoms with Crippen molar-refractivity contribution in [3.05, 3.63) is 111 Å². The van der Waals surface area contributed by atoms with Crippen molar-refractivity contribution < 1.29 is 13.2 Å². The summed E-state index contributed by atoms with van der Waals surface area (Å²) < 4.78 is 31.6. The Labute approximate surface area is 233 Å². The van der Waals surface area contributed by atoms with E-state index in [-0.39, 0.29) is 4.90 Å². The van der Waals surface area contributed by atoms with Gasteiger partial charge in [0.15, 0.2) is 0 Å². The van der Waals surface area contributed by atoms with Crippen molar-refractivity contribution in [2.24, 2.45) is 5.10 Å². The van der Waals surface area contributed by atoms with E-state index in [0.717, 1.165) is 31.4 Å². The van der Waals surface area contributed by atoms with Gasteiger partial charge in [-0.3, -0.25) is 9.10 Å². The molecule has 0 spiro atoms. The SMILES string of the molecule is Cc1cc(/C=N\NC(=O)CN(c2cccc(Br)c2)S(=O)(=O)c2ccccc2)c(C)n1-c1cccc(Br)c1. The molecule has 37 heavy (non-hydrogen) atoms. The highest BCUT2D eigenvalue weighted by Gasteiger charge is 2.27. The van der Waals surface area contributed by atoms with E-state index in [1.165, 1.54) is 12.1 Å². The lowest BCUT2D eigenvalue weighted by atomic mass is 10.2. The minimum Gasteiger partial charge on any atom is -0.318 e. The standard InChI is InChI=1S/C27H24Br2N4O3S/c1-19-14-21(20(2)33(19)25-11-7-9-23(29)16-25)17-30-31-27(34)18-32(24-10-6-8-22(28)15-24)37(35,36)26-12-4-3-5-13-26/h3-17H,18H2,1-2H3,(H,31,34)/b30-17-. The first-order valence-corrected chi connectivity index (χ1v) is 14.3. The summed E-state index contributed by atoms with van der Waals surface area (Å²) in [7, 11) is -3.99. The van der Waals surface area contributed by atoms with Gasteiger partial charge in [-0.05, 0) is 68.4 Å². The Morgan fingerprint density at radius 1 is 0.946 bits per heavy atom. The second-order valence-corrected chi connectivity index (χ2v) is 11.9. The normalized spacial score (nSPS) is 11.6. The number of amides is 1. The Kier molecular flexibility index (Phi) is 8.31. The molecule has 4 aromatic rings. The molecule has 0 saturated carbocycles. The summed E-state index contributed by atoms with van der Waals surface area (Å²) in [6.07, 6.45) is 1.56. The predicted octanol–water partition coefficient (Wildman–Crippen LogP) is 5.96. The molecule has 0 radical (unpaired) electrons. The van der Waals surface area contributed by atoms with Gasteiger partial charge in [0.2, 0.25) is 0 Å². The maximum atomic E-state index is 13.4. The van der Waals surface area contributed by atoms with Gasteiger partial charge in [0.1, 0.15) is 6.54 Å². The Bertz CT molecular complexity index is 1570. The fraction of sp³-hybridized carbons (Fsp3) is 0.111. The number of hydrazone groups is 1. The molecule has 1 heterocycles. The molecule has 190 valence electrons. The van der Waals surface area contributed by atoms with Crippen molar-refractivity contribution in [2.45, 2.75) is 18.7 Å². The van der Waals surface area contributed by atoms with Crippen molar-refractivity contribution in [3.63, 3.8) is 0 Å². The van der Waals surface area contributed by atoms with Crippen LogP contribution in [-0.2, 0) is 14.8 Å². The first-order valence-electron chi connectivity index (χ1n) is 11.3. The van der Waals surface area contributed by atoms with Crippen LogP contribution in [0.2, 0.25) is 0 Å². The van der Waals surface area contributed by atoms with Crippen LogP contribution < -0.4 is 9.73 Å². The summed E-state index contributed by atoms with van der Waals surface area (Å²) >= 11 is 6.88. The van der Waals surface area contributed by atoms with Gasteiger partial charge in [0.25, 0.3) is 15.9 Å². The van der Waals surface area contributed by atoms with Crippen LogP contribution in [0.3, 0.4) is 0 Å². The van der Waals surface area contributed by atoms with E-state index in [1.54, 1.807) is 48.7 Å².